The standard InChI is InChI=1S/C28H30Cl2N4O2/c1-2-5-27(32-10-12-36-13-11-32)33-8-9-34(28(35)20-14-22(29)17-23(30)15-20)24(19-33)16-21-18-31-26-7-4-3-6-25(21)26/h3-4,6-7,14-15,17-18,24,27,31H,8-13,16,19H2,1H3/t24-,27?/m1/s1. The molecule has 188 valence electrons. The maximum Gasteiger partial charge on any atom is 0.254 e. The summed E-state index contributed by atoms with van der Waals surface area (Å²) in [6.07, 6.45) is 2.80. The van der Waals surface area contributed by atoms with Crippen LogP contribution in [0.25, 0.3) is 10.9 Å². The molecule has 2 aliphatic rings. The average Bonchev–Trinajstić information content (AvgIpc) is 3.29. The molecule has 8 heteroatoms. The van der Waals surface area contributed by atoms with Crippen LogP contribution in [-0.4, -0.2) is 83.7 Å². The van der Waals surface area contributed by atoms with E-state index in [1.807, 2.05) is 17.9 Å². The van der Waals surface area contributed by atoms with Crippen molar-refractivity contribution in [2.75, 3.05) is 45.9 Å². The minimum Gasteiger partial charge on any atom is -0.379 e. The number of hydrogen-bond acceptors (Lipinski definition) is 4. The fourth-order valence-electron chi connectivity index (χ4n) is 5.31. The van der Waals surface area contributed by atoms with Crippen molar-refractivity contribution in [3.63, 3.8) is 0 Å². The topological polar surface area (TPSA) is 51.8 Å². The number of nitrogens with one attached hydrogen (secondary N) is 1. The van der Waals surface area contributed by atoms with Crippen molar-refractivity contribution in [2.24, 2.45) is 0 Å². The molecule has 1 aromatic heterocycles. The second kappa shape index (κ2) is 11.2. The number of rotatable bonds is 5. The maximum absolute atomic E-state index is 13.7. The zero-order chi connectivity index (χ0) is 25.1. The number of para-hydroxylation sites is 1. The Morgan fingerprint density at radius 2 is 1.83 bits per heavy atom. The lowest BCUT2D eigenvalue weighted by Gasteiger charge is -2.46. The molecular formula is C28H30Cl2N4O2. The van der Waals surface area contributed by atoms with E-state index in [4.69, 9.17) is 27.9 Å². The summed E-state index contributed by atoms with van der Waals surface area (Å²) in [6.45, 7) is 7.08. The number of H-pyrrole nitrogens is 1. The summed E-state index contributed by atoms with van der Waals surface area (Å²) in [5.41, 5.74) is 2.81. The predicted octanol–water partition coefficient (Wildman–Crippen LogP) is 4.53. The number of aromatic nitrogens is 1. The Balaban J connectivity index is 1.45. The number of amides is 1. The summed E-state index contributed by atoms with van der Waals surface area (Å²) in [5, 5.41) is 2.11. The van der Waals surface area contributed by atoms with Gasteiger partial charge in [0.1, 0.15) is 6.17 Å². The molecule has 3 heterocycles. The van der Waals surface area contributed by atoms with Crippen LogP contribution in [0, 0.1) is 11.8 Å². The fraction of sp³-hybridized carbons (Fsp3) is 0.393. The first kappa shape index (κ1) is 25.1. The van der Waals surface area contributed by atoms with E-state index < -0.39 is 0 Å². The fourth-order valence-corrected chi connectivity index (χ4v) is 5.83. The van der Waals surface area contributed by atoms with Crippen molar-refractivity contribution in [3.8, 4) is 11.8 Å². The van der Waals surface area contributed by atoms with E-state index in [1.165, 1.54) is 10.9 Å². The number of morpholine rings is 1. The third-order valence-electron chi connectivity index (χ3n) is 7.03. The van der Waals surface area contributed by atoms with Gasteiger partial charge in [-0.3, -0.25) is 14.6 Å². The molecule has 2 atom stereocenters. The number of hydrogen-bond donors (Lipinski definition) is 1. The van der Waals surface area contributed by atoms with Crippen LogP contribution in [0.15, 0.2) is 48.7 Å². The SMILES string of the molecule is CC#CC(N1CCOCC1)N1CCN(C(=O)c2cc(Cl)cc(Cl)c2)[C@H](Cc2c[nH]c3ccccc23)C1. The largest absolute Gasteiger partial charge is 0.379 e. The van der Waals surface area contributed by atoms with Gasteiger partial charge >= 0.3 is 0 Å². The molecule has 2 aromatic carbocycles. The van der Waals surface area contributed by atoms with Gasteiger partial charge in [0.15, 0.2) is 0 Å². The smallest absolute Gasteiger partial charge is 0.254 e. The number of halogens is 2. The van der Waals surface area contributed by atoms with Crippen molar-refractivity contribution in [3.05, 3.63) is 69.8 Å². The van der Waals surface area contributed by atoms with Gasteiger partial charge in [0, 0.05) is 71.5 Å². The second-order valence-corrected chi connectivity index (χ2v) is 10.2. The highest BCUT2D eigenvalue weighted by Crippen LogP contribution is 2.27. The zero-order valence-corrected chi connectivity index (χ0v) is 21.9. The van der Waals surface area contributed by atoms with Gasteiger partial charge in [0.25, 0.3) is 5.91 Å². The van der Waals surface area contributed by atoms with Gasteiger partial charge in [-0.05, 0) is 43.2 Å². The summed E-state index contributed by atoms with van der Waals surface area (Å²) < 4.78 is 5.58. The van der Waals surface area contributed by atoms with E-state index in [0.29, 0.717) is 35.4 Å². The Kier molecular flexibility index (Phi) is 7.85. The van der Waals surface area contributed by atoms with Crippen molar-refractivity contribution in [1.82, 2.24) is 19.7 Å². The molecule has 1 unspecified atom stereocenters. The van der Waals surface area contributed by atoms with Gasteiger partial charge in [-0.15, -0.1) is 5.92 Å². The number of fused-ring (bicyclic) bond motifs is 1. The van der Waals surface area contributed by atoms with Gasteiger partial charge < -0.3 is 14.6 Å². The molecule has 0 bridgehead atoms. The molecule has 5 rings (SSSR count). The molecule has 0 radical (unpaired) electrons. The Bertz CT molecular complexity index is 1270. The van der Waals surface area contributed by atoms with Crippen LogP contribution in [-0.2, 0) is 11.2 Å². The highest BCUT2D eigenvalue weighted by molar-refractivity contribution is 6.35. The Labute approximate surface area is 222 Å². The molecule has 1 N–H and O–H groups in total. The van der Waals surface area contributed by atoms with Gasteiger partial charge in [-0.25, -0.2) is 0 Å². The molecule has 1 amide bonds. The summed E-state index contributed by atoms with van der Waals surface area (Å²) in [4.78, 5) is 23.9. The number of benzene rings is 2. The Morgan fingerprint density at radius 1 is 1.08 bits per heavy atom. The van der Waals surface area contributed by atoms with E-state index in [-0.39, 0.29) is 18.1 Å². The van der Waals surface area contributed by atoms with Crippen LogP contribution in [0.4, 0.5) is 0 Å². The molecule has 0 aliphatic carbocycles. The zero-order valence-electron chi connectivity index (χ0n) is 20.3. The van der Waals surface area contributed by atoms with Crippen LogP contribution in [0.1, 0.15) is 22.8 Å². The molecule has 6 nitrogen and oxygen atoms in total. The normalized spacial score (nSPS) is 20.2. The van der Waals surface area contributed by atoms with E-state index >= 15 is 0 Å². The lowest BCUT2D eigenvalue weighted by atomic mass is 9.99. The van der Waals surface area contributed by atoms with Crippen LogP contribution < -0.4 is 0 Å². The quantitative estimate of drug-likeness (QED) is 0.498. The number of aromatic amines is 1. The van der Waals surface area contributed by atoms with Crippen molar-refractivity contribution in [1.29, 1.82) is 0 Å². The molecular weight excluding hydrogens is 495 g/mol. The number of carbonyl (C=O) groups excluding carboxylic acids is 1. The first-order valence-electron chi connectivity index (χ1n) is 12.3. The average molecular weight is 525 g/mol. The third-order valence-corrected chi connectivity index (χ3v) is 7.46. The van der Waals surface area contributed by atoms with Crippen LogP contribution in [0.5, 0.6) is 0 Å². The minimum atomic E-state index is -0.0478. The van der Waals surface area contributed by atoms with Gasteiger partial charge in [0.2, 0.25) is 0 Å². The summed E-state index contributed by atoms with van der Waals surface area (Å²) >= 11 is 12.5. The van der Waals surface area contributed by atoms with Crippen molar-refractivity contribution in [2.45, 2.75) is 25.6 Å². The summed E-state index contributed by atoms with van der Waals surface area (Å²) in [6, 6.07) is 13.3. The van der Waals surface area contributed by atoms with Gasteiger partial charge in [-0.1, -0.05) is 47.3 Å². The first-order chi connectivity index (χ1) is 17.5. The third kappa shape index (κ3) is 5.41. The van der Waals surface area contributed by atoms with Crippen LogP contribution in [0.3, 0.4) is 0 Å². The predicted molar refractivity (Wildman–Crippen MR) is 144 cm³/mol. The molecule has 36 heavy (non-hydrogen) atoms. The summed E-state index contributed by atoms with van der Waals surface area (Å²) in [5.74, 6) is 6.51. The molecule has 3 aromatic rings. The number of ether oxygens (including phenoxy) is 1. The lowest BCUT2D eigenvalue weighted by Crippen LogP contribution is -2.62. The molecule has 0 spiro atoms. The first-order valence-corrected chi connectivity index (χ1v) is 13.1. The number of nitrogens with zero attached hydrogens (tertiary/aromatic N) is 3. The number of piperazine rings is 1. The molecule has 2 aliphatic heterocycles. The minimum absolute atomic E-state index is 0.00207. The second-order valence-electron chi connectivity index (χ2n) is 9.29. The summed E-state index contributed by atoms with van der Waals surface area (Å²) in [7, 11) is 0. The maximum atomic E-state index is 13.7. The Morgan fingerprint density at radius 3 is 2.58 bits per heavy atom. The van der Waals surface area contributed by atoms with E-state index in [1.54, 1.807) is 18.2 Å². The van der Waals surface area contributed by atoms with Crippen LogP contribution >= 0.6 is 23.2 Å². The number of carbonyl (C=O) groups is 1. The molecule has 0 saturated carbocycles. The van der Waals surface area contributed by atoms with Gasteiger partial charge in [0.05, 0.1) is 13.2 Å². The van der Waals surface area contributed by atoms with Crippen molar-refractivity contribution >= 4 is 40.0 Å². The highest BCUT2D eigenvalue weighted by atomic mass is 35.5. The highest BCUT2D eigenvalue weighted by Gasteiger charge is 2.36. The van der Waals surface area contributed by atoms with E-state index in [0.717, 1.165) is 38.1 Å². The van der Waals surface area contributed by atoms with Gasteiger partial charge in [-0.2, -0.15) is 0 Å². The van der Waals surface area contributed by atoms with Crippen molar-refractivity contribution < 1.29 is 9.53 Å². The van der Waals surface area contributed by atoms with Crippen LogP contribution in [0.2, 0.25) is 10.0 Å². The molecule has 2 fully saturated rings. The lowest BCUT2D eigenvalue weighted by molar-refractivity contribution is -0.0328. The van der Waals surface area contributed by atoms with E-state index in [2.05, 4.69) is 51.0 Å². The monoisotopic (exact) mass is 524 g/mol. The van der Waals surface area contributed by atoms with E-state index in [9.17, 15) is 4.79 Å². The molecule has 2 saturated heterocycles. The Hall–Kier alpha value is -2.53.